The van der Waals surface area contributed by atoms with Crippen molar-refractivity contribution in [3.63, 3.8) is 0 Å². The minimum Gasteiger partial charge on any atom is -0.329 e. The van der Waals surface area contributed by atoms with E-state index < -0.39 is 10.0 Å². The van der Waals surface area contributed by atoms with Crippen molar-refractivity contribution in [3.8, 4) is 0 Å². The molecule has 0 radical (unpaired) electrons. The molecule has 84 valence electrons. The van der Waals surface area contributed by atoms with E-state index in [0.717, 1.165) is 19.4 Å². The van der Waals surface area contributed by atoms with Crippen molar-refractivity contribution >= 4 is 10.0 Å². The normalized spacial score (nSPS) is 24.3. The van der Waals surface area contributed by atoms with Crippen molar-refractivity contribution in [3.05, 3.63) is 0 Å². The molecule has 0 aromatic carbocycles. The van der Waals surface area contributed by atoms with E-state index in [4.69, 9.17) is 5.73 Å². The maximum Gasteiger partial charge on any atom is 0.212 e. The van der Waals surface area contributed by atoms with E-state index in [1.807, 2.05) is 7.05 Å². The van der Waals surface area contributed by atoms with Crippen LogP contribution in [0.15, 0.2) is 0 Å². The fourth-order valence-electron chi connectivity index (χ4n) is 1.69. The van der Waals surface area contributed by atoms with E-state index in [1.54, 1.807) is 0 Å². The molecule has 3 N–H and O–H groups in total. The second-order valence-electron chi connectivity index (χ2n) is 3.73. The molecule has 1 aliphatic heterocycles. The van der Waals surface area contributed by atoms with E-state index in [2.05, 4.69) is 9.62 Å². The number of rotatable bonds is 5. The third-order valence-electron chi connectivity index (χ3n) is 2.60. The lowest BCUT2D eigenvalue weighted by atomic mass is 10.2. The quantitative estimate of drug-likeness (QED) is 0.622. The lowest BCUT2D eigenvalue weighted by molar-refractivity contribution is 0.311. The zero-order valence-electron chi connectivity index (χ0n) is 8.57. The summed E-state index contributed by atoms with van der Waals surface area (Å²) in [7, 11) is -1.12. The summed E-state index contributed by atoms with van der Waals surface area (Å²) >= 11 is 0. The third-order valence-corrected chi connectivity index (χ3v) is 3.98. The van der Waals surface area contributed by atoms with Gasteiger partial charge in [0.1, 0.15) is 0 Å². The van der Waals surface area contributed by atoms with Gasteiger partial charge in [-0.05, 0) is 26.4 Å². The molecule has 0 aromatic heterocycles. The van der Waals surface area contributed by atoms with Crippen LogP contribution >= 0.6 is 0 Å². The second-order valence-corrected chi connectivity index (χ2v) is 5.66. The number of nitrogens with zero attached hydrogens (tertiary/aromatic N) is 1. The molecule has 1 atom stereocenters. The lowest BCUT2D eigenvalue weighted by Gasteiger charge is -2.19. The van der Waals surface area contributed by atoms with Gasteiger partial charge in [-0.1, -0.05) is 0 Å². The van der Waals surface area contributed by atoms with Crippen LogP contribution in [-0.4, -0.2) is 51.8 Å². The van der Waals surface area contributed by atoms with E-state index in [9.17, 15) is 8.42 Å². The Hall–Kier alpha value is -0.170. The average Bonchev–Trinajstić information content (AvgIpc) is 2.48. The van der Waals surface area contributed by atoms with Gasteiger partial charge in [0, 0.05) is 19.1 Å². The molecule has 0 spiro atoms. The topological polar surface area (TPSA) is 75.4 Å². The molecule has 1 aliphatic rings. The molecule has 1 heterocycles. The van der Waals surface area contributed by atoms with Crippen LogP contribution in [0.1, 0.15) is 12.8 Å². The molecule has 0 aromatic rings. The summed E-state index contributed by atoms with van der Waals surface area (Å²) in [6.07, 6.45) is 2.22. The monoisotopic (exact) mass is 221 g/mol. The molecule has 1 rings (SSSR count). The maximum atomic E-state index is 11.3. The minimum absolute atomic E-state index is 0.0173. The van der Waals surface area contributed by atoms with Crippen molar-refractivity contribution < 1.29 is 8.42 Å². The zero-order valence-corrected chi connectivity index (χ0v) is 9.39. The molecule has 0 saturated carbocycles. The van der Waals surface area contributed by atoms with Gasteiger partial charge in [-0.25, -0.2) is 13.1 Å². The van der Waals surface area contributed by atoms with Crippen molar-refractivity contribution in [2.24, 2.45) is 5.73 Å². The summed E-state index contributed by atoms with van der Waals surface area (Å²) < 4.78 is 25.2. The Labute approximate surface area is 85.7 Å². The van der Waals surface area contributed by atoms with Crippen molar-refractivity contribution in [2.45, 2.75) is 18.9 Å². The number of nitrogens with one attached hydrogen (secondary N) is 1. The van der Waals surface area contributed by atoms with Gasteiger partial charge in [0.2, 0.25) is 10.0 Å². The molecule has 1 unspecified atom stereocenters. The van der Waals surface area contributed by atoms with Gasteiger partial charge in [-0.3, -0.25) is 0 Å². The van der Waals surface area contributed by atoms with Crippen LogP contribution in [0.5, 0.6) is 0 Å². The number of hydrogen-bond acceptors (Lipinski definition) is 4. The van der Waals surface area contributed by atoms with Crippen molar-refractivity contribution in [1.29, 1.82) is 0 Å². The highest BCUT2D eigenvalue weighted by atomic mass is 32.2. The molecule has 0 aliphatic carbocycles. The van der Waals surface area contributed by atoms with Crippen LogP contribution in [0.25, 0.3) is 0 Å². The molecular weight excluding hydrogens is 202 g/mol. The molecule has 0 amide bonds. The Morgan fingerprint density at radius 2 is 2.29 bits per heavy atom. The molecule has 1 saturated heterocycles. The number of likely N-dealkylation sites (N-methyl/N-ethyl adjacent to an activating group) is 1. The summed E-state index contributed by atoms with van der Waals surface area (Å²) in [5.74, 6) is 0.0173. The summed E-state index contributed by atoms with van der Waals surface area (Å²) in [6, 6.07) is 0.350. The van der Waals surface area contributed by atoms with Crippen LogP contribution in [0.3, 0.4) is 0 Å². The highest BCUT2D eigenvalue weighted by Gasteiger charge is 2.22. The van der Waals surface area contributed by atoms with Crippen LogP contribution < -0.4 is 10.5 Å². The Bertz CT molecular complexity index is 266. The third kappa shape index (κ3) is 3.53. The van der Waals surface area contributed by atoms with Gasteiger partial charge < -0.3 is 10.6 Å². The fourth-order valence-corrected chi connectivity index (χ4v) is 2.59. The number of sulfonamides is 1. The van der Waals surface area contributed by atoms with Gasteiger partial charge in [0.05, 0.1) is 5.75 Å². The Morgan fingerprint density at radius 1 is 1.57 bits per heavy atom. The first-order valence-electron chi connectivity index (χ1n) is 4.93. The molecular formula is C8H19N3O2S. The largest absolute Gasteiger partial charge is 0.329 e. The standard InChI is InChI=1S/C8H19N3O2S/c1-11-5-2-3-8(11)7-10-14(12,13)6-4-9/h8,10H,2-7,9H2,1H3. The van der Waals surface area contributed by atoms with Gasteiger partial charge in [-0.2, -0.15) is 0 Å². The fraction of sp³-hybridized carbons (Fsp3) is 1.00. The summed E-state index contributed by atoms with van der Waals surface area (Å²) in [6.45, 7) is 1.75. The Balaban J connectivity index is 2.32. The predicted octanol–water partition coefficient (Wildman–Crippen LogP) is -1.04. The first-order chi connectivity index (χ1) is 6.55. The van der Waals surface area contributed by atoms with Gasteiger partial charge in [-0.15, -0.1) is 0 Å². The summed E-state index contributed by atoms with van der Waals surface area (Å²) in [4.78, 5) is 2.19. The minimum atomic E-state index is -3.14. The molecule has 1 fully saturated rings. The first kappa shape index (κ1) is 11.9. The van der Waals surface area contributed by atoms with Crippen LogP contribution in [0.2, 0.25) is 0 Å². The highest BCUT2D eigenvalue weighted by Crippen LogP contribution is 2.13. The van der Waals surface area contributed by atoms with E-state index in [-0.39, 0.29) is 12.3 Å². The Kier molecular flexibility index (Phi) is 4.31. The maximum absolute atomic E-state index is 11.3. The number of nitrogens with two attached hydrogens (primary N) is 1. The lowest BCUT2D eigenvalue weighted by Crippen LogP contribution is -2.40. The van der Waals surface area contributed by atoms with Crippen LogP contribution in [0.4, 0.5) is 0 Å². The van der Waals surface area contributed by atoms with Crippen molar-refractivity contribution in [2.75, 3.05) is 32.4 Å². The SMILES string of the molecule is CN1CCCC1CNS(=O)(=O)CCN. The smallest absolute Gasteiger partial charge is 0.212 e. The zero-order chi connectivity index (χ0) is 10.6. The predicted molar refractivity (Wildman–Crippen MR) is 56.5 cm³/mol. The number of hydrogen-bond donors (Lipinski definition) is 2. The molecule has 5 nitrogen and oxygen atoms in total. The average molecular weight is 221 g/mol. The first-order valence-corrected chi connectivity index (χ1v) is 6.58. The molecule has 6 heteroatoms. The van der Waals surface area contributed by atoms with Gasteiger partial charge in [0.15, 0.2) is 0 Å². The van der Waals surface area contributed by atoms with Crippen molar-refractivity contribution in [1.82, 2.24) is 9.62 Å². The van der Waals surface area contributed by atoms with Crippen LogP contribution in [-0.2, 0) is 10.0 Å². The van der Waals surface area contributed by atoms with E-state index in [0.29, 0.717) is 12.6 Å². The van der Waals surface area contributed by atoms with E-state index >= 15 is 0 Å². The van der Waals surface area contributed by atoms with Gasteiger partial charge in [0.25, 0.3) is 0 Å². The summed E-state index contributed by atoms with van der Waals surface area (Å²) in [5, 5.41) is 0. The Morgan fingerprint density at radius 3 is 2.79 bits per heavy atom. The number of likely N-dealkylation sites (tertiary alicyclic amines) is 1. The summed E-state index contributed by atoms with van der Waals surface area (Å²) in [5.41, 5.74) is 5.20. The highest BCUT2D eigenvalue weighted by molar-refractivity contribution is 7.89. The second kappa shape index (κ2) is 5.06. The molecule has 14 heavy (non-hydrogen) atoms. The van der Waals surface area contributed by atoms with Gasteiger partial charge >= 0.3 is 0 Å². The van der Waals surface area contributed by atoms with Crippen LogP contribution in [0, 0.1) is 0 Å². The molecule has 0 bridgehead atoms. The van der Waals surface area contributed by atoms with E-state index in [1.165, 1.54) is 0 Å².